The Kier molecular flexibility index (Phi) is 3.25. The van der Waals surface area contributed by atoms with E-state index in [-0.39, 0.29) is 12.1 Å². The van der Waals surface area contributed by atoms with Gasteiger partial charge in [-0.15, -0.1) is 0 Å². The summed E-state index contributed by atoms with van der Waals surface area (Å²) < 4.78 is 0. The summed E-state index contributed by atoms with van der Waals surface area (Å²) in [6, 6.07) is 4.25. The van der Waals surface area contributed by atoms with Crippen molar-refractivity contribution in [1.82, 2.24) is 5.32 Å². The summed E-state index contributed by atoms with van der Waals surface area (Å²) in [5.41, 5.74) is 1.34. The minimum absolute atomic E-state index is 0.0311. The van der Waals surface area contributed by atoms with Crippen LogP contribution in [0.5, 0.6) is 0 Å². The lowest BCUT2D eigenvalue weighted by Gasteiger charge is -2.34. The third kappa shape index (κ3) is 2.42. The van der Waals surface area contributed by atoms with E-state index in [4.69, 9.17) is 0 Å². The third-order valence-corrected chi connectivity index (χ3v) is 3.12. The van der Waals surface area contributed by atoms with Crippen LogP contribution in [0.3, 0.4) is 0 Å². The largest absolute Gasteiger partial charge is 0.478 e. The van der Waals surface area contributed by atoms with Crippen LogP contribution in [0.1, 0.15) is 22.8 Å². The maximum Gasteiger partial charge on any atom is 0.337 e. The van der Waals surface area contributed by atoms with Crippen LogP contribution < -0.4 is 10.2 Å². The SMILES string of the molecule is Cc1ccc(C(=O)O)c(N2CC(=O)NC(=O)C2C)c1. The molecule has 1 saturated heterocycles. The first-order valence-corrected chi connectivity index (χ1v) is 5.84. The van der Waals surface area contributed by atoms with E-state index in [1.807, 2.05) is 6.92 Å². The quantitative estimate of drug-likeness (QED) is 0.760. The molecular formula is C13H14N2O4. The van der Waals surface area contributed by atoms with Crippen molar-refractivity contribution in [3.8, 4) is 0 Å². The number of hydrogen-bond acceptors (Lipinski definition) is 4. The maximum atomic E-state index is 11.6. The number of rotatable bonds is 2. The van der Waals surface area contributed by atoms with E-state index in [1.54, 1.807) is 19.1 Å². The summed E-state index contributed by atoms with van der Waals surface area (Å²) >= 11 is 0. The topological polar surface area (TPSA) is 86.7 Å². The molecule has 1 fully saturated rings. The van der Waals surface area contributed by atoms with Crippen molar-refractivity contribution in [3.05, 3.63) is 29.3 Å². The first kappa shape index (κ1) is 13.1. The first-order valence-electron chi connectivity index (χ1n) is 5.84. The average molecular weight is 262 g/mol. The molecule has 19 heavy (non-hydrogen) atoms. The normalized spacial score (nSPS) is 19.3. The molecule has 0 bridgehead atoms. The second-order valence-electron chi connectivity index (χ2n) is 4.54. The average Bonchev–Trinajstić information content (AvgIpc) is 2.33. The maximum absolute atomic E-state index is 11.6. The highest BCUT2D eigenvalue weighted by atomic mass is 16.4. The van der Waals surface area contributed by atoms with Crippen molar-refractivity contribution in [3.63, 3.8) is 0 Å². The van der Waals surface area contributed by atoms with E-state index in [2.05, 4.69) is 5.32 Å². The molecule has 6 heteroatoms. The van der Waals surface area contributed by atoms with E-state index in [0.29, 0.717) is 5.69 Å². The first-order chi connectivity index (χ1) is 8.90. The van der Waals surface area contributed by atoms with Crippen molar-refractivity contribution in [1.29, 1.82) is 0 Å². The highest BCUT2D eigenvalue weighted by Crippen LogP contribution is 2.25. The lowest BCUT2D eigenvalue weighted by atomic mass is 10.1. The predicted molar refractivity (Wildman–Crippen MR) is 68.1 cm³/mol. The Bertz CT molecular complexity index is 568. The van der Waals surface area contributed by atoms with Crippen LogP contribution in [0.15, 0.2) is 18.2 Å². The minimum atomic E-state index is -1.08. The Hall–Kier alpha value is -2.37. The monoisotopic (exact) mass is 262 g/mol. The highest BCUT2D eigenvalue weighted by Gasteiger charge is 2.32. The summed E-state index contributed by atoms with van der Waals surface area (Å²) in [5.74, 6) is -1.93. The number of aryl methyl sites for hydroxylation is 1. The fourth-order valence-electron chi connectivity index (χ4n) is 2.07. The van der Waals surface area contributed by atoms with Gasteiger partial charge in [0.05, 0.1) is 17.8 Å². The third-order valence-electron chi connectivity index (χ3n) is 3.12. The number of carbonyl (C=O) groups excluding carboxylic acids is 2. The van der Waals surface area contributed by atoms with Gasteiger partial charge in [-0.1, -0.05) is 6.07 Å². The fraction of sp³-hybridized carbons (Fsp3) is 0.308. The van der Waals surface area contributed by atoms with Crippen LogP contribution >= 0.6 is 0 Å². The van der Waals surface area contributed by atoms with Gasteiger partial charge in [0.1, 0.15) is 6.04 Å². The summed E-state index contributed by atoms with van der Waals surface area (Å²) in [6.45, 7) is 3.43. The number of carboxylic acid groups (broad SMARTS) is 1. The second kappa shape index (κ2) is 4.72. The molecule has 6 nitrogen and oxygen atoms in total. The van der Waals surface area contributed by atoms with Gasteiger partial charge in [-0.25, -0.2) is 4.79 Å². The second-order valence-corrected chi connectivity index (χ2v) is 4.54. The Balaban J connectivity index is 2.50. The number of hydrogen-bond donors (Lipinski definition) is 2. The Labute approximate surface area is 110 Å². The zero-order chi connectivity index (χ0) is 14.2. The number of benzene rings is 1. The number of carbonyl (C=O) groups is 3. The van der Waals surface area contributed by atoms with Gasteiger partial charge in [-0.2, -0.15) is 0 Å². The Morgan fingerprint density at radius 2 is 2.11 bits per heavy atom. The Morgan fingerprint density at radius 1 is 1.42 bits per heavy atom. The van der Waals surface area contributed by atoms with Crippen molar-refractivity contribution >= 4 is 23.5 Å². The number of amides is 2. The summed E-state index contributed by atoms with van der Waals surface area (Å²) in [4.78, 5) is 35.8. The van der Waals surface area contributed by atoms with Crippen LogP contribution in [0.25, 0.3) is 0 Å². The summed E-state index contributed by atoms with van der Waals surface area (Å²) in [5, 5.41) is 11.4. The van der Waals surface area contributed by atoms with Gasteiger partial charge in [0.2, 0.25) is 11.8 Å². The molecule has 1 atom stereocenters. The molecule has 1 aliphatic rings. The molecule has 1 aromatic carbocycles. The van der Waals surface area contributed by atoms with Crippen LogP contribution in [0, 0.1) is 6.92 Å². The molecule has 2 rings (SSSR count). The summed E-state index contributed by atoms with van der Waals surface area (Å²) in [6.07, 6.45) is 0. The molecule has 2 N–H and O–H groups in total. The molecule has 1 aromatic rings. The number of anilines is 1. The molecule has 0 spiro atoms. The number of nitrogens with one attached hydrogen (secondary N) is 1. The van der Waals surface area contributed by atoms with E-state index in [1.165, 1.54) is 11.0 Å². The molecule has 1 heterocycles. The van der Waals surface area contributed by atoms with Crippen molar-refractivity contribution in [2.24, 2.45) is 0 Å². The highest BCUT2D eigenvalue weighted by molar-refractivity contribution is 6.06. The lowest BCUT2D eigenvalue weighted by Crippen LogP contribution is -2.57. The van der Waals surface area contributed by atoms with Crippen LogP contribution in [-0.4, -0.2) is 35.5 Å². The predicted octanol–water partition coefficient (Wildman–Crippen LogP) is 0.545. The summed E-state index contributed by atoms with van der Waals surface area (Å²) in [7, 11) is 0. The molecule has 0 saturated carbocycles. The van der Waals surface area contributed by atoms with Crippen molar-refractivity contribution in [2.75, 3.05) is 11.4 Å². The van der Waals surface area contributed by atoms with Crippen molar-refractivity contribution < 1.29 is 19.5 Å². The Morgan fingerprint density at radius 3 is 2.74 bits per heavy atom. The van der Waals surface area contributed by atoms with E-state index >= 15 is 0 Å². The molecule has 0 radical (unpaired) electrons. The number of carboxylic acids is 1. The van der Waals surface area contributed by atoms with Crippen LogP contribution in [0.4, 0.5) is 5.69 Å². The molecule has 100 valence electrons. The van der Waals surface area contributed by atoms with Crippen molar-refractivity contribution in [2.45, 2.75) is 19.9 Å². The molecule has 2 amide bonds. The zero-order valence-corrected chi connectivity index (χ0v) is 10.6. The van der Waals surface area contributed by atoms with E-state index in [9.17, 15) is 19.5 Å². The van der Waals surface area contributed by atoms with E-state index in [0.717, 1.165) is 5.56 Å². The number of nitrogens with zero attached hydrogens (tertiary/aromatic N) is 1. The van der Waals surface area contributed by atoms with Crippen LogP contribution in [-0.2, 0) is 9.59 Å². The zero-order valence-electron chi connectivity index (χ0n) is 10.6. The molecule has 1 aliphatic heterocycles. The van der Waals surface area contributed by atoms with Gasteiger partial charge in [0.25, 0.3) is 0 Å². The van der Waals surface area contributed by atoms with Gasteiger partial charge in [0, 0.05) is 0 Å². The van der Waals surface area contributed by atoms with Gasteiger partial charge in [0.15, 0.2) is 0 Å². The number of aromatic carboxylic acids is 1. The van der Waals surface area contributed by atoms with Gasteiger partial charge >= 0.3 is 5.97 Å². The van der Waals surface area contributed by atoms with E-state index < -0.39 is 23.8 Å². The van der Waals surface area contributed by atoms with Crippen LogP contribution in [0.2, 0.25) is 0 Å². The number of imide groups is 1. The molecule has 1 unspecified atom stereocenters. The fourth-order valence-corrected chi connectivity index (χ4v) is 2.07. The van der Waals surface area contributed by atoms with Gasteiger partial charge in [-0.05, 0) is 31.5 Å². The van der Waals surface area contributed by atoms with Gasteiger partial charge in [-0.3, -0.25) is 14.9 Å². The smallest absolute Gasteiger partial charge is 0.337 e. The molecule has 0 aromatic heterocycles. The standard InChI is InChI=1S/C13H14N2O4/c1-7-3-4-9(13(18)19)10(5-7)15-6-11(16)14-12(17)8(15)2/h3-5,8H,6H2,1-2H3,(H,18,19)(H,14,16,17). The number of piperazine rings is 1. The lowest BCUT2D eigenvalue weighted by molar-refractivity contribution is -0.132. The minimum Gasteiger partial charge on any atom is -0.478 e. The molecule has 0 aliphatic carbocycles. The molecular weight excluding hydrogens is 248 g/mol. The van der Waals surface area contributed by atoms with Gasteiger partial charge < -0.3 is 10.0 Å².